The maximum atomic E-state index is 10.9. The van der Waals surface area contributed by atoms with Crippen molar-refractivity contribution >= 4 is 5.78 Å². The first-order valence-electron chi connectivity index (χ1n) is 2.72. The van der Waals surface area contributed by atoms with Gasteiger partial charge in [0.15, 0.2) is 5.69 Å². The maximum Gasteiger partial charge on any atom is 0.210 e. The Kier molecular flexibility index (Phi) is 2.11. The first-order valence-corrected chi connectivity index (χ1v) is 2.72. The molecule has 0 aromatic carbocycles. The van der Waals surface area contributed by atoms with Crippen LogP contribution < -0.4 is 0 Å². The van der Waals surface area contributed by atoms with E-state index in [1.54, 1.807) is 0 Å². The lowest BCUT2D eigenvalue weighted by Crippen LogP contribution is -2.07. The van der Waals surface area contributed by atoms with Crippen LogP contribution in [0, 0.1) is 0 Å². The SMILES string of the molecule is COCC(=O)c1cn[nH]n1. The van der Waals surface area contributed by atoms with Gasteiger partial charge in [-0.25, -0.2) is 0 Å². The van der Waals surface area contributed by atoms with Gasteiger partial charge < -0.3 is 4.74 Å². The van der Waals surface area contributed by atoms with Gasteiger partial charge in [0.1, 0.15) is 6.61 Å². The molecule has 0 radical (unpaired) electrons. The molecule has 0 fully saturated rings. The minimum absolute atomic E-state index is 0.0481. The zero-order valence-corrected chi connectivity index (χ0v) is 5.50. The van der Waals surface area contributed by atoms with E-state index in [0.29, 0.717) is 5.69 Å². The third-order valence-electron chi connectivity index (χ3n) is 0.976. The summed E-state index contributed by atoms with van der Waals surface area (Å²) in [5.41, 5.74) is 0.307. The molecule has 0 aliphatic heterocycles. The molecule has 1 N–H and O–H groups in total. The first kappa shape index (κ1) is 6.88. The predicted molar refractivity (Wildman–Crippen MR) is 32.6 cm³/mol. The Morgan fingerprint density at radius 1 is 1.90 bits per heavy atom. The van der Waals surface area contributed by atoms with E-state index in [4.69, 9.17) is 0 Å². The van der Waals surface area contributed by atoms with E-state index < -0.39 is 0 Å². The highest BCUT2D eigenvalue weighted by Crippen LogP contribution is 1.90. The van der Waals surface area contributed by atoms with E-state index in [9.17, 15) is 4.79 Å². The number of carbonyl (C=O) groups excluding carboxylic acids is 1. The Labute approximate surface area is 57.4 Å². The average molecular weight is 141 g/mol. The second-order valence-corrected chi connectivity index (χ2v) is 1.71. The molecule has 5 heteroatoms. The molecule has 10 heavy (non-hydrogen) atoms. The van der Waals surface area contributed by atoms with Crippen molar-refractivity contribution in [2.24, 2.45) is 0 Å². The molecule has 1 aromatic heterocycles. The van der Waals surface area contributed by atoms with E-state index in [1.807, 2.05) is 0 Å². The van der Waals surface area contributed by atoms with E-state index >= 15 is 0 Å². The number of H-pyrrole nitrogens is 1. The van der Waals surface area contributed by atoms with E-state index in [1.165, 1.54) is 13.3 Å². The van der Waals surface area contributed by atoms with E-state index in [0.717, 1.165) is 0 Å². The summed E-state index contributed by atoms with van der Waals surface area (Å²) in [4.78, 5) is 10.9. The molecule has 0 bridgehead atoms. The highest BCUT2D eigenvalue weighted by atomic mass is 16.5. The second kappa shape index (κ2) is 3.07. The molecule has 0 atom stereocenters. The third-order valence-corrected chi connectivity index (χ3v) is 0.976. The summed E-state index contributed by atoms with van der Waals surface area (Å²) >= 11 is 0. The summed E-state index contributed by atoms with van der Waals surface area (Å²) in [7, 11) is 1.46. The number of hydrogen-bond acceptors (Lipinski definition) is 4. The van der Waals surface area contributed by atoms with Gasteiger partial charge in [-0.05, 0) is 0 Å². The van der Waals surface area contributed by atoms with E-state index in [2.05, 4.69) is 20.1 Å². The van der Waals surface area contributed by atoms with Crippen molar-refractivity contribution in [3.8, 4) is 0 Å². The number of nitrogens with one attached hydrogen (secondary N) is 1. The van der Waals surface area contributed by atoms with Crippen LogP contribution in [0.25, 0.3) is 0 Å². The van der Waals surface area contributed by atoms with Gasteiger partial charge in [-0.1, -0.05) is 0 Å². The molecule has 1 rings (SSSR count). The van der Waals surface area contributed by atoms with Crippen LogP contribution in [0.5, 0.6) is 0 Å². The van der Waals surface area contributed by atoms with Crippen LogP contribution in [0.15, 0.2) is 6.20 Å². The molecule has 0 saturated carbocycles. The van der Waals surface area contributed by atoms with Gasteiger partial charge in [0, 0.05) is 7.11 Å². The van der Waals surface area contributed by atoms with Crippen LogP contribution in [0.1, 0.15) is 10.5 Å². The average Bonchev–Trinajstić information content (AvgIpc) is 2.38. The summed E-state index contributed by atoms with van der Waals surface area (Å²) in [6, 6.07) is 0. The van der Waals surface area contributed by atoms with Crippen molar-refractivity contribution in [3.63, 3.8) is 0 Å². The molecule has 0 amide bonds. The number of ketones is 1. The fourth-order valence-corrected chi connectivity index (χ4v) is 0.541. The number of aromatic nitrogens is 3. The number of hydrogen-bond donors (Lipinski definition) is 1. The molecule has 5 nitrogen and oxygen atoms in total. The van der Waals surface area contributed by atoms with Gasteiger partial charge in [-0.15, -0.1) is 0 Å². The minimum atomic E-state index is -0.170. The van der Waals surface area contributed by atoms with Crippen molar-refractivity contribution in [2.45, 2.75) is 0 Å². The normalized spacial score (nSPS) is 9.70. The van der Waals surface area contributed by atoms with Crippen molar-refractivity contribution in [2.75, 3.05) is 13.7 Å². The van der Waals surface area contributed by atoms with Crippen molar-refractivity contribution in [1.82, 2.24) is 15.4 Å². The van der Waals surface area contributed by atoms with Gasteiger partial charge >= 0.3 is 0 Å². The van der Waals surface area contributed by atoms with Crippen molar-refractivity contribution in [1.29, 1.82) is 0 Å². The van der Waals surface area contributed by atoms with Crippen LogP contribution in [0.2, 0.25) is 0 Å². The maximum absolute atomic E-state index is 10.9. The molecule has 0 aliphatic carbocycles. The van der Waals surface area contributed by atoms with Gasteiger partial charge in [0.05, 0.1) is 6.20 Å². The molecular formula is C5H7N3O2. The fourth-order valence-electron chi connectivity index (χ4n) is 0.541. The fraction of sp³-hybridized carbons (Fsp3) is 0.400. The number of aromatic amines is 1. The smallest absolute Gasteiger partial charge is 0.210 e. The number of ether oxygens (including phenoxy) is 1. The van der Waals surface area contributed by atoms with Gasteiger partial charge in [-0.3, -0.25) is 4.79 Å². The molecule has 1 heterocycles. The Morgan fingerprint density at radius 2 is 2.70 bits per heavy atom. The highest BCUT2D eigenvalue weighted by Gasteiger charge is 2.06. The number of Topliss-reactive ketones (excluding diaryl/α,β-unsaturated/α-hetero) is 1. The molecular weight excluding hydrogens is 134 g/mol. The largest absolute Gasteiger partial charge is 0.376 e. The van der Waals surface area contributed by atoms with Crippen LogP contribution in [0.3, 0.4) is 0 Å². The lowest BCUT2D eigenvalue weighted by atomic mass is 10.3. The summed E-state index contributed by atoms with van der Waals surface area (Å²) in [5, 5.41) is 9.37. The van der Waals surface area contributed by atoms with Crippen LogP contribution in [-0.2, 0) is 4.74 Å². The number of methoxy groups -OCH3 is 1. The van der Waals surface area contributed by atoms with Crippen LogP contribution in [0.4, 0.5) is 0 Å². The number of nitrogens with zero attached hydrogens (tertiary/aromatic N) is 2. The Balaban J connectivity index is 2.59. The number of rotatable bonds is 3. The Bertz CT molecular complexity index is 207. The summed E-state index contributed by atoms with van der Waals surface area (Å²) in [5.74, 6) is -0.170. The Hall–Kier alpha value is -1.23. The van der Waals surface area contributed by atoms with Gasteiger partial charge in [0.25, 0.3) is 0 Å². The molecule has 0 aliphatic rings. The lowest BCUT2D eigenvalue weighted by molar-refractivity contribution is 0.0843. The summed E-state index contributed by atoms with van der Waals surface area (Å²) in [6.07, 6.45) is 1.36. The standard InChI is InChI=1S/C5H7N3O2/c1-10-3-5(9)4-2-6-8-7-4/h2H,3H2,1H3,(H,6,7,8). The molecule has 0 spiro atoms. The monoisotopic (exact) mass is 141 g/mol. The van der Waals surface area contributed by atoms with Crippen LogP contribution in [-0.4, -0.2) is 34.9 Å². The second-order valence-electron chi connectivity index (χ2n) is 1.71. The molecule has 0 saturated heterocycles. The van der Waals surface area contributed by atoms with Gasteiger partial charge in [-0.2, -0.15) is 15.4 Å². The quantitative estimate of drug-likeness (QED) is 0.583. The van der Waals surface area contributed by atoms with Crippen LogP contribution >= 0.6 is 0 Å². The van der Waals surface area contributed by atoms with Gasteiger partial charge in [0.2, 0.25) is 5.78 Å². The van der Waals surface area contributed by atoms with Crippen molar-refractivity contribution in [3.05, 3.63) is 11.9 Å². The zero-order valence-electron chi connectivity index (χ0n) is 5.50. The predicted octanol–water partition coefficient (Wildman–Crippen LogP) is -0.366. The first-order chi connectivity index (χ1) is 4.84. The minimum Gasteiger partial charge on any atom is -0.376 e. The number of carbonyl (C=O) groups is 1. The molecule has 54 valence electrons. The topological polar surface area (TPSA) is 67.9 Å². The zero-order chi connectivity index (χ0) is 7.40. The third kappa shape index (κ3) is 1.38. The molecule has 1 aromatic rings. The summed E-state index contributed by atoms with van der Waals surface area (Å²) in [6.45, 7) is 0.0481. The summed E-state index contributed by atoms with van der Waals surface area (Å²) < 4.78 is 4.60. The van der Waals surface area contributed by atoms with E-state index in [-0.39, 0.29) is 12.4 Å². The highest BCUT2D eigenvalue weighted by molar-refractivity contribution is 5.94. The molecule has 0 unspecified atom stereocenters. The lowest BCUT2D eigenvalue weighted by Gasteiger charge is -1.90. The Morgan fingerprint density at radius 3 is 3.20 bits per heavy atom. The van der Waals surface area contributed by atoms with Crippen molar-refractivity contribution < 1.29 is 9.53 Å².